The van der Waals surface area contributed by atoms with E-state index in [2.05, 4.69) is 16.4 Å². The fourth-order valence-electron chi connectivity index (χ4n) is 1.67. The molecule has 18 heavy (non-hydrogen) atoms. The molecule has 2 rings (SSSR count). The van der Waals surface area contributed by atoms with Gasteiger partial charge >= 0.3 is 0 Å². The quantitative estimate of drug-likeness (QED) is 0.893. The third kappa shape index (κ3) is 2.69. The maximum Gasteiger partial charge on any atom is 0.213 e. The van der Waals surface area contributed by atoms with Crippen molar-refractivity contribution in [2.24, 2.45) is 0 Å². The van der Waals surface area contributed by atoms with Gasteiger partial charge in [0.05, 0.1) is 24.4 Å². The summed E-state index contributed by atoms with van der Waals surface area (Å²) in [7, 11) is 0. The lowest BCUT2D eigenvalue weighted by molar-refractivity contribution is 0.466. The number of aromatic nitrogens is 1. The second-order valence-electron chi connectivity index (χ2n) is 4.07. The van der Waals surface area contributed by atoms with E-state index in [0.717, 1.165) is 23.4 Å². The van der Waals surface area contributed by atoms with Gasteiger partial charge in [0.15, 0.2) is 0 Å². The van der Waals surface area contributed by atoms with Gasteiger partial charge in [-0.3, -0.25) is 0 Å². The Balaban J connectivity index is 2.02. The van der Waals surface area contributed by atoms with Crippen LogP contribution in [0.3, 0.4) is 0 Å². The van der Waals surface area contributed by atoms with Crippen LogP contribution < -0.4 is 5.32 Å². The van der Waals surface area contributed by atoms with Gasteiger partial charge in [0.25, 0.3) is 0 Å². The molecule has 0 unspecified atom stereocenters. The van der Waals surface area contributed by atoms with Crippen LogP contribution in [0.4, 0.5) is 5.69 Å². The molecule has 4 nitrogen and oxygen atoms in total. The molecule has 0 saturated heterocycles. The van der Waals surface area contributed by atoms with Crippen LogP contribution >= 0.6 is 0 Å². The van der Waals surface area contributed by atoms with Gasteiger partial charge in [-0.25, -0.2) is 4.98 Å². The van der Waals surface area contributed by atoms with E-state index < -0.39 is 0 Å². The Hall–Kier alpha value is -2.28. The molecule has 0 aliphatic rings. The average Bonchev–Trinajstić information content (AvgIpc) is 2.84. The largest absolute Gasteiger partial charge is 0.444 e. The van der Waals surface area contributed by atoms with Crippen molar-refractivity contribution < 1.29 is 4.42 Å². The minimum absolute atomic E-state index is 0.547. The van der Waals surface area contributed by atoms with E-state index in [-0.39, 0.29) is 0 Å². The molecule has 1 aromatic heterocycles. The van der Waals surface area contributed by atoms with E-state index in [1.54, 1.807) is 6.20 Å². The highest BCUT2D eigenvalue weighted by molar-refractivity contribution is 5.51. The molecule has 0 fully saturated rings. The minimum atomic E-state index is 0.547. The Kier molecular flexibility index (Phi) is 3.63. The van der Waals surface area contributed by atoms with Gasteiger partial charge in [-0.2, -0.15) is 5.26 Å². The molecule has 1 aromatic carbocycles. The SMILES string of the molecule is CCc1cnc(CNc2ccc(C#N)c(C)c2)o1. The predicted octanol–water partition coefficient (Wildman–Crippen LogP) is 3.03. The molecule has 92 valence electrons. The Bertz CT molecular complexity index is 581. The van der Waals surface area contributed by atoms with Gasteiger partial charge < -0.3 is 9.73 Å². The topological polar surface area (TPSA) is 61.9 Å². The molecule has 0 radical (unpaired) electrons. The lowest BCUT2D eigenvalue weighted by Gasteiger charge is -2.05. The van der Waals surface area contributed by atoms with Crippen molar-refractivity contribution in [1.29, 1.82) is 5.26 Å². The number of anilines is 1. The monoisotopic (exact) mass is 241 g/mol. The molecule has 0 bridgehead atoms. The highest BCUT2D eigenvalue weighted by Gasteiger charge is 2.03. The van der Waals surface area contributed by atoms with E-state index in [1.165, 1.54) is 0 Å². The van der Waals surface area contributed by atoms with Gasteiger partial charge in [0, 0.05) is 12.1 Å². The van der Waals surface area contributed by atoms with Crippen molar-refractivity contribution in [3.63, 3.8) is 0 Å². The summed E-state index contributed by atoms with van der Waals surface area (Å²) >= 11 is 0. The lowest BCUT2D eigenvalue weighted by Crippen LogP contribution is -2.00. The summed E-state index contributed by atoms with van der Waals surface area (Å²) in [4.78, 5) is 4.18. The fraction of sp³-hybridized carbons (Fsp3) is 0.286. The number of hydrogen-bond donors (Lipinski definition) is 1. The fourth-order valence-corrected chi connectivity index (χ4v) is 1.67. The highest BCUT2D eigenvalue weighted by Crippen LogP contribution is 2.15. The third-order valence-corrected chi connectivity index (χ3v) is 2.74. The van der Waals surface area contributed by atoms with Crippen molar-refractivity contribution in [3.8, 4) is 6.07 Å². The molecule has 1 heterocycles. The van der Waals surface area contributed by atoms with Crippen LogP contribution in [0.5, 0.6) is 0 Å². The zero-order valence-electron chi connectivity index (χ0n) is 10.5. The van der Waals surface area contributed by atoms with Crippen molar-refractivity contribution in [1.82, 2.24) is 4.98 Å². The van der Waals surface area contributed by atoms with E-state index in [0.29, 0.717) is 18.0 Å². The molecular weight excluding hydrogens is 226 g/mol. The van der Waals surface area contributed by atoms with Gasteiger partial charge in [-0.05, 0) is 30.7 Å². The summed E-state index contributed by atoms with van der Waals surface area (Å²) in [5.41, 5.74) is 2.62. The van der Waals surface area contributed by atoms with E-state index >= 15 is 0 Å². The molecule has 0 aliphatic carbocycles. The number of nitrogens with one attached hydrogen (secondary N) is 1. The summed E-state index contributed by atoms with van der Waals surface area (Å²) < 4.78 is 5.50. The van der Waals surface area contributed by atoms with E-state index in [1.807, 2.05) is 32.0 Å². The summed E-state index contributed by atoms with van der Waals surface area (Å²) in [5.74, 6) is 1.57. The number of hydrogen-bond acceptors (Lipinski definition) is 4. The van der Waals surface area contributed by atoms with Crippen LogP contribution in [0.2, 0.25) is 0 Å². The van der Waals surface area contributed by atoms with Crippen LogP contribution in [0.25, 0.3) is 0 Å². The van der Waals surface area contributed by atoms with Gasteiger partial charge in [0.1, 0.15) is 5.76 Å². The Labute approximate surface area is 106 Å². The summed E-state index contributed by atoms with van der Waals surface area (Å²) in [6.07, 6.45) is 2.60. The molecule has 2 aromatic rings. The van der Waals surface area contributed by atoms with Crippen LogP contribution in [-0.2, 0) is 13.0 Å². The smallest absolute Gasteiger partial charge is 0.213 e. The molecule has 0 spiro atoms. The average molecular weight is 241 g/mol. The first-order valence-electron chi connectivity index (χ1n) is 5.91. The first-order valence-corrected chi connectivity index (χ1v) is 5.91. The first-order chi connectivity index (χ1) is 8.72. The molecular formula is C14H15N3O. The Morgan fingerprint density at radius 2 is 2.28 bits per heavy atom. The van der Waals surface area contributed by atoms with Gasteiger partial charge in [0.2, 0.25) is 5.89 Å². The van der Waals surface area contributed by atoms with Crippen molar-refractivity contribution in [3.05, 3.63) is 47.2 Å². The first kappa shape index (κ1) is 12.2. The number of rotatable bonds is 4. The minimum Gasteiger partial charge on any atom is -0.444 e. The van der Waals surface area contributed by atoms with Gasteiger partial charge in [-0.1, -0.05) is 6.92 Å². The molecule has 1 N–H and O–H groups in total. The number of benzene rings is 1. The van der Waals surface area contributed by atoms with Crippen molar-refractivity contribution in [2.45, 2.75) is 26.8 Å². The standard InChI is InChI=1S/C14H15N3O/c1-3-13-8-17-14(18-13)9-16-12-5-4-11(7-15)10(2)6-12/h4-6,8,16H,3,9H2,1-2H3. The Morgan fingerprint density at radius 3 is 2.89 bits per heavy atom. The van der Waals surface area contributed by atoms with Crippen LogP contribution in [0.15, 0.2) is 28.8 Å². The number of aryl methyl sites for hydroxylation is 2. The Morgan fingerprint density at radius 1 is 1.44 bits per heavy atom. The molecule has 4 heteroatoms. The zero-order valence-corrected chi connectivity index (χ0v) is 10.5. The predicted molar refractivity (Wildman–Crippen MR) is 69.1 cm³/mol. The van der Waals surface area contributed by atoms with Crippen LogP contribution in [0.1, 0.15) is 29.7 Å². The summed E-state index contributed by atoms with van der Waals surface area (Å²) in [6, 6.07) is 7.79. The number of oxazole rings is 1. The highest BCUT2D eigenvalue weighted by atomic mass is 16.4. The maximum atomic E-state index is 8.85. The van der Waals surface area contributed by atoms with Crippen LogP contribution in [-0.4, -0.2) is 4.98 Å². The van der Waals surface area contributed by atoms with Crippen molar-refractivity contribution >= 4 is 5.69 Å². The summed E-state index contributed by atoms with van der Waals surface area (Å²) in [6.45, 7) is 4.50. The number of nitrogens with zero attached hydrogens (tertiary/aromatic N) is 2. The molecule has 0 amide bonds. The molecule has 0 aliphatic heterocycles. The maximum absolute atomic E-state index is 8.85. The molecule has 0 saturated carbocycles. The zero-order chi connectivity index (χ0) is 13.0. The lowest BCUT2D eigenvalue weighted by atomic mass is 10.1. The second kappa shape index (κ2) is 5.37. The van der Waals surface area contributed by atoms with Crippen LogP contribution in [0, 0.1) is 18.3 Å². The second-order valence-corrected chi connectivity index (χ2v) is 4.07. The number of nitriles is 1. The van der Waals surface area contributed by atoms with Crippen molar-refractivity contribution in [2.75, 3.05) is 5.32 Å². The van der Waals surface area contributed by atoms with E-state index in [9.17, 15) is 0 Å². The molecule has 0 atom stereocenters. The third-order valence-electron chi connectivity index (χ3n) is 2.74. The van der Waals surface area contributed by atoms with E-state index in [4.69, 9.17) is 9.68 Å². The van der Waals surface area contributed by atoms with Gasteiger partial charge in [-0.15, -0.1) is 0 Å². The normalized spacial score (nSPS) is 10.1. The summed E-state index contributed by atoms with van der Waals surface area (Å²) in [5, 5.41) is 12.1.